The lowest BCUT2D eigenvalue weighted by Crippen LogP contribution is -2.44. The van der Waals surface area contributed by atoms with Gasteiger partial charge in [0.25, 0.3) is 0 Å². The van der Waals surface area contributed by atoms with Crippen LogP contribution in [0.15, 0.2) is 72.9 Å². The summed E-state index contributed by atoms with van der Waals surface area (Å²) in [5.41, 5.74) is 0. The minimum Gasteiger partial charge on any atom is -0.545 e. The number of carbonyl (C=O) groups is 3. The summed E-state index contributed by atoms with van der Waals surface area (Å²) in [5, 5.41) is 11.7. The quantitative estimate of drug-likeness (QED) is 0.0196. The van der Waals surface area contributed by atoms with Crippen molar-refractivity contribution in [3.8, 4) is 0 Å². The van der Waals surface area contributed by atoms with Crippen molar-refractivity contribution < 1.29 is 42.9 Å². The van der Waals surface area contributed by atoms with Crippen LogP contribution < -0.4 is 5.11 Å². The Morgan fingerprint density at radius 1 is 0.500 bits per heavy atom. The van der Waals surface area contributed by atoms with E-state index in [2.05, 4.69) is 86.8 Å². The van der Waals surface area contributed by atoms with Crippen molar-refractivity contribution in [2.75, 3.05) is 47.5 Å². The number of carboxylic acid groups (broad SMARTS) is 1. The van der Waals surface area contributed by atoms with Crippen molar-refractivity contribution >= 4 is 17.9 Å². The van der Waals surface area contributed by atoms with Gasteiger partial charge in [-0.25, -0.2) is 0 Å². The topological polar surface area (TPSA) is 111 Å². The summed E-state index contributed by atoms with van der Waals surface area (Å²) in [6.45, 7) is 4.58. The van der Waals surface area contributed by atoms with Crippen LogP contribution in [0.5, 0.6) is 0 Å². The Bertz CT molecular complexity index is 1240. The Morgan fingerprint density at radius 3 is 1.39 bits per heavy atom. The first-order valence-electron chi connectivity index (χ1n) is 24.6. The van der Waals surface area contributed by atoms with Crippen molar-refractivity contribution in [3.05, 3.63) is 72.9 Å². The molecule has 0 amide bonds. The highest BCUT2D eigenvalue weighted by Crippen LogP contribution is 2.13. The molecular formula is C53H91NO8. The fourth-order valence-electron chi connectivity index (χ4n) is 6.38. The van der Waals surface area contributed by atoms with Crippen molar-refractivity contribution in [1.82, 2.24) is 0 Å². The summed E-state index contributed by atoms with van der Waals surface area (Å²) in [5.74, 6) is -2.33. The van der Waals surface area contributed by atoms with Crippen LogP contribution in [0.25, 0.3) is 0 Å². The van der Waals surface area contributed by atoms with E-state index in [0.717, 1.165) is 103 Å². The molecular weight excluding hydrogens is 779 g/mol. The highest BCUT2D eigenvalue weighted by Gasteiger charge is 2.21. The largest absolute Gasteiger partial charge is 0.545 e. The van der Waals surface area contributed by atoms with E-state index in [1.807, 2.05) is 21.1 Å². The van der Waals surface area contributed by atoms with E-state index in [0.29, 0.717) is 17.4 Å². The standard InChI is InChI=1S/C53H91NO8/c1-6-8-10-12-14-16-18-20-22-24-25-26-27-28-30-32-34-36-38-40-42-44-51(56)62-49(48-61-53(52(57)58)59-46-45-54(3,4)5)47-60-50(55)43-41-39-37-35-33-31-29-23-21-19-17-15-13-11-9-7-2/h8,10,14,16,20,22-23,25-26,28-30,49,53H,6-7,9,11-13,15,17-19,21,24,27,31-48H2,1-5H3/b10-8-,16-14-,22-20-,26-25-,29-23-,30-28-. The molecule has 0 aliphatic heterocycles. The van der Waals surface area contributed by atoms with E-state index in [1.165, 1.54) is 51.4 Å². The van der Waals surface area contributed by atoms with E-state index in [4.69, 9.17) is 18.9 Å². The molecule has 356 valence electrons. The molecule has 9 nitrogen and oxygen atoms in total. The van der Waals surface area contributed by atoms with Crippen LogP contribution in [0.3, 0.4) is 0 Å². The highest BCUT2D eigenvalue weighted by atomic mass is 16.7. The zero-order chi connectivity index (χ0) is 45.6. The zero-order valence-corrected chi connectivity index (χ0v) is 40.2. The lowest BCUT2D eigenvalue weighted by molar-refractivity contribution is -0.870. The van der Waals surface area contributed by atoms with E-state index < -0.39 is 24.3 Å². The first-order chi connectivity index (χ1) is 30.1. The summed E-state index contributed by atoms with van der Waals surface area (Å²) in [7, 11) is 5.90. The molecule has 62 heavy (non-hydrogen) atoms. The van der Waals surface area contributed by atoms with Gasteiger partial charge < -0.3 is 33.3 Å². The molecule has 0 saturated heterocycles. The van der Waals surface area contributed by atoms with Gasteiger partial charge in [-0.05, 0) is 83.5 Å². The second-order valence-electron chi connectivity index (χ2n) is 17.4. The van der Waals surface area contributed by atoms with Gasteiger partial charge >= 0.3 is 11.9 Å². The third kappa shape index (κ3) is 44.8. The van der Waals surface area contributed by atoms with Crippen LogP contribution in [0.1, 0.15) is 187 Å². The average molecular weight is 870 g/mol. The number of rotatable bonds is 44. The maximum absolute atomic E-state index is 12.8. The molecule has 2 unspecified atom stereocenters. The monoisotopic (exact) mass is 870 g/mol. The fraction of sp³-hybridized carbons (Fsp3) is 0.717. The summed E-state index contributed by atoms with van der Waals surface area (Å²) < 4.78 is 22.6. The molecule has 0 aromatic carbocycles. The van der Waals surface area contributed by atoms with Gasteiger partial charge in [0, 0.05) is 12.8 Å². The van der Waals surface area contributed by atoms with Gasteiger partial charge in [-0.3, -0.25) is 9.59 Å². The van der Waals surface area contributed by atoms with E-state index in [1.54, 1.807) is 0 Å². The van der Waals surface area contributed by atoms with Crippen LogP contribution in [-0.4, -0.2) is 82.3 Å². The molecule has 9 heteroatoms. The predicted molar refractivity (Wildman–Crippen MR) is 255 cm³/mol. The van der Waals surface area contributed by atoms with Gasteiger partial charge in [-0.15, -0.1) is 0 Å². The van der Waals surface area contributed by atoms with Crippen LogP contribution in [0.2, 0.25) is 0 Å². The Balaban J connectivity index is 4.45. The number of nitrogens with zero attached hydrogens (tertiary/aromatic N) is 1. The molecule has 0 aliphatic carbocycles. The molecule has 0 bridgehead atoms. The normalized spacial score (nSPS) is 13.5. The Kier molecular flexibility index (Phi) is 42.0. The van der Waals surface area contributed by atoms with Crippen molar-refractivity contribution in [1.29, 1.82) is 0 Å². The van der Waals surface area contributed by atoms with E-state index in [-0.39, 0.29) is 38.6 Å². The van der Waals surface area contributed by atoms with Crippen LogP contribution >= 0.6 is 0 Å². The smallest absolute Gasteiger partial charge is 0.306 e. The van der Waals surface area contributed by atoms with E-state index in [9.17, 15) is 19.5 Å². The highest BCUT2D eigenvalue weighted by molar-refractivity contribution is 5.70. The molecule has 0 aromatic heterocycles. The number of esters is 2. The molecule has 0 heterocycles. The maximum Gasteiger partial charge on any atom is 0.306 e. The molecule has 0 saturated carbocycles. The number of aliphatic carboxylic acids is 1. The molecule has 0 N–H and O–H groups in total. The third-order valence-electron chi connectivity index (χ3n) is 10.2. The number of likely N-dealkylation sites (N-methyl/N-ethyl adjacent to an activating group) is 1. The minimum atomic E-state index is -1.63. The minimum absolute atomic E-state index is 0.139. The van der Waals surface area contributed by atoms with E-state index >= 15 is 0 Å². The average Bonchev–Trinajstić information content (AvgIpc) is 3.23. The number of carbonyl (C=O) groups excluding carboxylic acids is 3. The molecule has 2 atom stereocenters. The number of hydrogen-bond donors (Lipinski definition) is 0. The summed E-state index contributed by atoms with van der Waals surface area (Å²) in [4.78, 5) is 37.1. The molecule has 0 aliphatic rings. The third-order valence-corrected chi connectivity index (χ3v) is 10.2. The van der Waals surface area contributed by atoms with Crippen molar-refractivity contribution in [2.24, 2.45) is 0 Å². The summed E-state index contributed by atoms with van der Waals surface area (Å²) in [6.07, 6.45) is 52.1. The fourth-order valence-corrected chi connectivity index (χ4v) is 6.38. The van der Waals surface area contributed by atoms with Gasteiger partial charge in [0.2, 0.25) is 0 Å². The maximum atomic E-state index is 12.8. The lowest BCUT2D eigenvalue weighted by atomic mass is 10.1. The van der Waals surface area contributed by atoms with Crippen LogP contribution in [0, 0.1) is 0 Å². The SMILES string of the molecule is CC/C=C\C/C=C\C/C=C\C/C=C\C/C=C\CCCCCCCC(=O)OC(COC(=O)CCCCCCC/C=C\CCCCCCCCC)COC(OCC[N+](C)(C)C)C(=O)[O-]. The molecule has 0 aromatic rings. The zero-order valence-electron chi connectivity index (χ0n) is 40.2. The van der Waals surface area contributed by atoms with Gasteiger partial charge in [0.05, 0.1) is 40.3 Å². The Hall–Kier alpha value is -3.27. The molecule has 0 rings (SSSR count). The molecule has 0 radical (unpaired) electrons. The summed E-state index contributed by atoms with van der Waals surface area (Å²) in [6, 6.07) is 0. The summed E-state index contributed by atoms with van der Waals surface area (Å²) >= 11 is 0. The first-order valence-corrected chi connectivity index (χ1v) is 24.6. The Labute approximate surface area is 379 Å². The van der Waals surface area contributed by atoms with Gasteiger partial charge in [0.15, 0.2) is 12.4 Å². The van der Waals surface area contributed by atoms with Crippen molar-refractivity contribution in [3.63, 3.8) is 0 Å². The number of hydrogen-bond acceptors (Lipinski definition) is 8. The van der Waals surface area contributed by atoms with Gasteiger partial charge in [0.1, 0.15) is 13.2 Å². The van der Waals surface area contributed by atoms with Crippen LogP contribution in [-0.2, 0) is 33.3 Å². The van der Waals surface area contributed by atoms with Crippen molar-refractivity contribution in [2.45, 2.75) is 200 Å². The second-order valence-corrected chi connectivity index (χ2v) is 17.4. The molecule has 0 fully saturated rings. The van der Waals surface area contributed by atoms with Gasteiger partial charge in [-0.1, -0.05) is 164 Å². The molecule has 0 spiro atoms. The van der Waals surface area contributed by atoms with Gasteiger partial charge in [-0.2, -0.15) is 0 Å². The number of carboxylic acids is 1. The first kappa shape index (κ1) is 58.7. The van der Waals surface area contributed by atoms with Crippen LogP contribution in [0.4, 0.5) is 0 Å². The number of quaternary nitrogens is 1. The Morgan fingerprint density at radius 2 is 0.919 bits per heavy atom. The predicted octanol–water partition coefficient (Wildman–Crippen LogP) is 12.2. The number of ether oxygens (including phenoxy) is 4. The number of allylic oxidation sites excluding steroid dienone is 12. The second kappa shape index (κ2) is 44.3. The lowest BCUT2D eigenvalue weighted by Gasteiger charge is -2.26. The number of unbranched alkanes of at least 4 members (excludes halogenated alkanes) is 17.